The van der Waals surface area contributed by atoms with Gasteiger partial charge < -0.3 is 9.64 Å². The second kappa shape index (κ2) is 9.48. The molecule has 0 bridgehead atoms. The fourth-order valence-corrected chi connectivity index (χ4v) is 4.74. The lowest BCUT2D eigenvalue weighted by atomic mass is 10.2. The second-order valence-corrected chi connectivity index (χ2v) is 8.42. The van der Waals surface area contributed by atoms with Crippen molar-refractivity contribution in [3.63, 3.8) is 0 Å². The fraction of sp³-hybridized carbons (Fsp3) is 0.435. The minimum absolute atomic E-state index is 0.112. The third-order valence-corrected chi connectivity index (χ3v) is 6.37. The zero-order chi connectivity index (χ0) is 20.1. The monoisotopic (exact) mass is 398 g/mol. The first kappa shape index (κ1) is 20.7. The minimum Gasteiger partial charge on any atom is -0.447 e. The molecule has 0 saturated carbocycles. The molecule has 0 aliphatic carbocycles. The van der Waals surface area contributed by atoms with Gasteiger partial charge in [0.1, 0.15) is 0 Å². The number of esters is 1. The van der Waals surface area contributed by atoms with E-state index < -0.39 is 0 Å². The predicted octanol–water partition coefficient (Wildman–Crippen LogP) is 4.88. The highest BCUT2D eigenvalue weighted by Crippen LogP contribution is 2.37. The van der Waals surface area contributed by atoms with Gasteiger partial charge in [-0.3, -0.25) is 9.69 Å². The van der Waals surface area contributed by atoms with Crippen LogP contribution >= 0.6 is 11.8 Å². The molecular weight excluding hydrogens is 368 g/mol. The lowest BCUT2D eigenvalue weighted by Crippen LogP contribution is -2.51. The van der Waals surface area contributed by atoms with Gasteiger partial charge in [0, 0.05) is 42.9 Å². The molecule has 5 heteroatoms. The summed E-state index contributed by atoms with van der Waals surface area (Å²) in [4.78, 5) is 18.7. The number of carbonyl (C=O) groups excluding carboxylic acids is 1. The standard InChI is InChI=1S/C23H30N2O2S/c1-5-23(27-19(4)26)25-14-12-24(13-15-25)20-8-6-7-9-22(20)28-21-11-10-17(2)16-18(21)3/h6-11,16,23H,5,12-15H2,1-4H3/t23-/m0/s1. The van der Waals surface area contributed by atoms with Crippen molar-refractivity contribution < 1.29 is 9.53 Å². The number of hydrogen-bond donors (Lipinski definition) is 0. The third kappa shape index (κ3) is 5.09. The van der Waals surface area contributed by atoms with Gasteiger partial charge in [-0.1, -0.05) is 48.5 Å². The van der Waals surface area contributed by atoms with Gasteiger partial charge in [0.15, 0.2) is 6.23 Å². The summed E-state index contributed by atoms with van der Waals surface area (Å²) in [6.45, 7) is 11.5. The summed E-state index contributed by atoms with van der Waals surface area (Å²) in [6, 6.07) is 15.3. The van der Waals surface area contributed by atoms with Gasteiger partial charge in [0.05, 0.1) is 5.69 Å². The van der Waals surface area contributed by atoms with Gasteiger partial charge in [-0.25, -0.2) is 0 Å². The van der Waals surface area contributed by atoms with E-state index in [1.807, 2.05) is 11.8 Å². The number of hydrogen-bond acceptors (Lipinski definition) is 5. The maximum absolute atomic E-state index is 11.3. The SMILES string of the molecule is CC[C@H](OC(C)=O)N1CCN(c2ccccc2Sc2ccc(C)cc2C)CC1. The number of piperazine rings is 1. The van der Waals surface area contributed by atoms with Crippen LogP contribution in [0.25, 0.3) is 0 Å². The average Bonchev–Trinajstić information content (AvgIpc) is 2.69. The van der Waals surface area contributed by atoms with Gasteiger partial charge in [0.25, 0.3) is 0 Å². The first-order valence-corrected chi connectivity index (χ1v) is 10.8. The summed E-state index contributed by atoms with van der Waals surface area (Å²) < 4.78 is 5.47. The summed E-state index contributed by atoms with van der Waals surface area (Å²) in [5, 5.41) is 0. The number of aryl methyl sites for hydroxylation is 2. The van der Waals surface area contributed by atoms with Crippen molar-refractivity contribution in [2.75, 3.05) is 31.1 Å². The Bertz CT molecular complexity index is 816. The normalized spacial score (nSPS) is 16.1. The lowest BCUT2D eigenvalue weighted by Gasteiger charge is -2.39. The first-order valence-electron chi connectivity index (χ1n) is 9.98. The molecule has 1 saturated heterocycles. The molecule has 0 spiro atoms. The quantitative estimate of drug-likeness (QED) is 0.648. The molecule has 2 aromatic rings. The van der Waals surface area contributed by atoms with Crippen LogP contribution in [0.4, 0.5) is 5.69 Å². The summed E-state index contributed by atoms with van der Waals surface area (Å²) in [5.41, 5.74) is 3.90. The molecule has 1 aliphatic rings. The van der Waals surface area contributed by atoms with Gasteiger partial charge in [0.2, 0.25) is 0 Å². The minimum atomic E-state index is -0.204. The van der Waals surface area contributed by atoms with Crippen LogP contribution in [0.5, 0.6) is 0 Å². The molecule has 1 atom stereocenters. The van der Waals surface area contributed by atoms with Crippen molar-refractivity contribution in [3.8, 4) is 0 Å². The highest BCUT2D eigenvalue weighted by molar-refractivity contribution is 7.99. The maximum Gasteiger partial charge on any atom is 0.304 e. The van der Waals surface area contributed by atoms with Gasteiger partial charge in [-0.15, -0.1) is 0 Å². The second-order valence-electron chi connectivity index (χ2n) is 7.33. The maximum atomic E-state index is 11.3. The topological polar surface area (TPSA) is 32.8 Å². The van der Waals surface area contributed by atoms with E-state index in [2.05, 4.69) is 73.0 Å². The fourth-order valence-electron chi connectivity index (χ4n) is 3.70. The largest absolute Gasteiger partial charge is 0.447 e. The Hall–Kier alpha value is -1.98. The van der Waals surface area contributed by atoms with Crippen LogP contribution in [0.1, 0.15) is 31.4 Å². The van der Waals surface area contributed by atoms with Crippen LogP contribution in [0.3, 0.4) is 0 Å². The summed E-state index contributed by atoms with van der Waals surface area (Å²) in [6.07, 6.45) is 0.707. The van der Waals surface area contributed by atoms with E-state index >= 15 is 0 Å². The highest BCUT2D eigenvalue weighted by atomic mass is 32.2. The van der Waals surface area contributed by atoms with Crippen LogP contribution in [0.15, 0.2) is 52.3 Å². The summed E-state index contributed by atoms with van der Waals surface area (Å²) >= 11 is 1.84. The average molecular weight is 399 g/mol. The molecule has 1 aliphatic heterocycles. The van der Waals surface area contributed by atoms with Crippen LogP contribution in [0, 0.1) is 13.8 Å². The summed E-state index contributed by atoms with van der Waals surface area (Å²) in [7, 11) is 0. The molecule has 0 unspecified atom stereocenters. The lowest BCUT2D eigenvalue weighted by molar-refractivity contribution is -0.157. The van der Waals surface area contributed by atoms with Gasteiger partial charge >= 0.3 is 5.97 Å². The van der Waals surface area contributed by atoms with E-state index in [0.29, 0.717) is 0 Å². The molecule has 1 heterocycles. The van der Waals surface area contributed by atoms with Crippen molar-refractivity contribution in [2.24, 2.45) is 0 Å². The zero-order valence-electron chi connectivity index (χ0n) is 17.3. The Morgan fingerprint density at radius 3 is 2.43 bits per heavy atom. The number of anilines is 1. The van der Waals surface area contributed by atoms with E-state index in [0.717, 1.165) is 32.6 Å². The molecule has 1 fully saturated rings. The van der Waals surface area contributed by atoms with Gasteiger partial charge in [-0.2, -0.15) is 0 Å². The Kier molecular flexibility index (Phi) is 7.03. The molecule has 0 radical (unpaired) electrons. The highest BCUT2D eigenvalue weighted by Gasteiger charge is 2.25. The van der Waals surface area contributed by atoms with Crippen molar-refractivity contribution >= 4 is 23.4 Å². The number of carbonyl (C=O) groups is 1. The summed E-state index contributed by atoms with van der Waals surface area (Å²) in [5.74, 6) is -0.204. The van der Waals surface area contributed by atoms with Crippen LogP contribution in [-0.2, 0) is 9.53 Å². The van der Waals surface area contributed by atoms with Crippen LogP contribution in [-0.4, -0.2) is 43.3 Å². The molecule has 0 N–H and O–H groups in total. The van der Waals surface area contributed by atoms with Gasteiger partial charge in [-0.05, 0) is 44.0 Å². The van der Waals surface area contributed by atoms with Crippen LogP contribution in [0.2, 0.25) is 0 Å². The molecule has 2 aromatic carbocycles. The van der Waals surface area contributed by atoms with E-state index in [4.69, 9.17) is 4.74 Å². The number of ether oxygens (including phenoxy) is 1. The van der Waals surface area contributed by atoms with Crippen LogP contribution < -0.4 is 4.90 Å². The number of para-hydroxylation sites is 1. The Balaban J connectivity index is 1.71. The molecule has 28 heavy (non-hydrogen) atoms. The number of benzene rings is 2. The van der Waals surface area contributed by atoms with Crippen molar-refractivity contribution in [1.82, 2.24) is 4.90 Å². The molecule has 4 nitrogen and oxygen atoms in total. The Morgan fingerprint density at radius 1 is 1.07 bits per heavy atom. The van der Waals surface area contributed by atoms with Crippen molar-refractivity contribution in [1.29, 1.82) is 0 Å². The Labute approximate surface area is 172 Å². The van der Waals surface area contributed by atoms with E-state index in [-0.39, 0.29) is 12.2 Å². The number of nitrogens with zero attached hydrogens (tertiary/aromatic N) is 2. The Morgan fingerprint density at radius 2 is 1.79 bits per heavy atom. The molecule has 150 valence electrons. The third-order valence-electron chi connectivity index (χ3n) is 5.13. The van der Waals surface area contributed by atoms with E-state index in [1.54, 1.807) is 0 Å². The molecule has 0 aromatic heterocycles. The molecule has 3 rings (SSSR count). The van der Waals surface area contributed by atoms with Crippen molar-refractivity contribution in [2.45, 2.75) is 50.1 Å². The molecule has 0 amide bonds. The molecular formula is C23H30N2O2S. The van der Waals surface area contributed by atoms with Crippen molar-refractivity contribution in [3.05, 3.63) is 53.6 Å². The predicted molar refractivity (Wildman–Crippen MR) is 116 cm³/mol. The smallest absolute Gasteiger partial charge is 0.304 e. The van der Waals surface area contributed by atoms with E-state index in [9.17, 15) is 4.79 Å². The van der Waals surface area contributed by atoms with E-state index in [1.165, 1.54) is 33.5 Å². The number of rotatable bonds is 6. The first-order chi connectivity index (χ1) is 13.5. The zero-order valence-corrected chi connectivity index (χ0v) is 18.1.